The van der Waals surface area contributed by atoms with Gasteiger partial charge in [-0.1, -0.05) is 35.9 Å². The SMILES string of the molecule is CSc1cccc(/C=N/NC(=O)C2CC2c2cccc(Cl)c2)c1. The number of hydrogen-bond acceptors (Lipinski definition) is 3. The lowest BCUT2D eigenvalue weighted by atomic mass is 10.1. The van der Waals surface area contributed by atoms with Crippen molar-refractivity contribution >= 4 is 35.5 Å². The van der Waals surface area contributed by atoms with Gasteiger partial charge >= 0.3 is 0 Å². The number of rotatable bonds is 5. The lowest BCUT2D eigenvalue weighted by molar-refractivity contribution is -0.122. The van der Waals surface area contributed by atoms with Crippen molar-refractivity contribution in [3.8, 4) is 0 Å². The van der Waals surface area contributed by atoms with Gasteiger partial charge in [0, 0.05) is 15.8 Å². The van der Waals surface area contributed by atoms with Gasteiger partial charge in [-0.3, -0.25) is 4.79 Å². The molecule has 1 N–H and O–H groups in total. The van der Waals surface area contributed by atoms with Crippen molar-refractivity contribution in [3.05, 3.63) is 64.7 Å². The van der Waals surface area contributed by atoms with Crippen molar-refractivity contribution in [3.63, 3.8) is 0 Å². The molecule has 5 heteroatoms. The van der Waals surface area contributed by atoms with Crippen LogP contribution in [0.15, 0.2) is 58.5 Å². The fraction of sp³-hybridized carbons (Fsp3) is 0.222. The van der Waals surface area contributed by atoms with Crippen molar-refractivity contribution in [2.75, 3.05) is 6.26 Å². The highest BCUT2D eigenvalue weighted by Gasteiger charge is 2.43. The zero-order valence-electron chi connectivity index (χ0n) is 12.7. The molecule has 1 fully saturated rings. The monoisotopic (exact) mass is 344 g/mol. The van der Waals surface area contributed by atoms with Gasteiger partial charge in [0.25, 0.3) is 0 Å². The van der Waals surface area contributed by atoms with E-state index < -0.39 is 0 Å². The Morgan fingerprint density at radius 1 is 1.30 bits per heavy atom. The Labute approximate surface area is 145 Å². The van der Waals surface area contributed by atoms with E-state index in [9.17, 15) is 4.79 Å². The standard InChI is InChI=1S/C18H17ClN2OS/c1-23-15-7-2-4-12(8-15)11-20-21-18(22)17-10-16(17)13-5-3-6-14(19)9-13/h2-9,11,16-17H,10H2,1H3,(H,21,22)/b20-11+. The van der Waals surface area contributed by atoms with Crippen LogP contribution in [0.5, 0.6) is 0 Å². The third kappa shape index (κ3) is 4.15. The highest BCUT2D eigenvalue weighted by Crippen LogP contribution is 2.47. The summed E-state index contributed by atoms with van der Waals surface area (Å²) in [6.07, 6.45) is 4.55. The Kier molecular flexibility index (Phi) is 5.03. The predicted octanol–water partition coefficient (Wildman–Crippen LogP) is 4.32. The first-order valence-corrected chi connectivity index (χ1v) is 9.00. The molecule has 1 saturated carbocycles. The van der Waals surface area contributed by atoms with Gasteiger partial charge in [0.05, 0.1) is 6.21 Å². The van der Waals surface area contributed by atoms with E-state index in [1.165, 1.54) is 4.90 Å². The average molecular weight is 345 g/mol. The Balaban J connectivity index is 1.55. The summed E-state index contributed by atoms with van der Waals surface area (Å²) >= 11 is 7.67. The number of halogens is 1. The summed E-state index contributed by atoms with van der Waals surface area (Å²) < 4.78 is 0. The largest absolute Gasteiger partial charge is 0.273 e. The van der Waals surface area contributed by atoms with Gasteiger partial charge in [-0.25, -0.2) is 5.43 Å². The maximum Gasteiger partial charge on any atom is 0.243 e. The summed E-state index contributed by atoms with van der Waals surface area (Å²) in [6, 6.07) is 15.7. The summed E-state index contributed by atoms with van der Waals surface area (Å²) in [4.78, 5) is 13.3. The minimum Gasteiger partial charge on any atom is -0.273 e. The molecule has 118 valence electrons. The topological polar surface area (TPSA) is 41.5 Å². The van der Waals surface area contributed by atoms with Gasteiger partial charge in [0.2, 0.25) is 5.91 Å². The zero-order valence-corrected chi connectivity index (χ0v) is 14.3. The number of carbonyl (C=O) groups is 1. The van der Waals surface area contributed by atoms with Crippen molar-refractivity contribution in [1.82, 2.24) is 5.43 Å². The van der Waals surface area contributed by atoms with Gasteiger partial charge in [0.15, 0.2) is 0 Å². The smallest absolute Gasteiger partial charge is 0.243 e. The van der Waals surface area contributed by atoms with Crippen LogP contribution in [0.2, 0.25) is 5.02 Å². The number of carbonyl (C=O) groups excluding carboxylic acids is 1. The van der Waals surface area contributed by atoms with Crippen LogP contribution in [0.1, 0.15) is 23.5 Å². The molecule has 0 heterocycles. The highest BCUT2D eigenvalue weighted by atomic mass is 35.5. The minimum atomic E-state index is -0.0350. The Bertz CT molecular complexity index is 747. The van der Waals surface area contributed by atoms with Crippen LogP contribution in [0.25, 0.3) is 0 Å². The van der Waals surface area contributed by atoms with Crippen LogP contribution in [0, 0.1) is 5.92 Å². The quantitative estimate of drug-likeness (QED) is 0.498. The first-order chi connectivity index (χ1) is 11.2. The van der Waals surface area contributed by atoms with Crippen LogP contribution in [-0.2, 0) is 4.79 Å². The number of thioether (sulfide) groups is 1. The molecular weight excluding hydrogens is 328 g/mol. The molecule has 0 aliphatic heterocycles. The van der Waals surface area contributed by atoms with E-state index in [-0.39, 0.29) is 17.7 Å². The summed E-state index contributed by atoms with van der Waals surface area (Å²) in [6.45, 7) is 0. The molecule has 1 aliphatic rings. The van der Waals surface area contributed by atoms with Crippen molar-refractivity contribution in [2.24, 2.45) is 11.0 Å². The van der Waals surface area contributed by atoms with Crippen LogP contribution in [0.4, 0.5) is 0 Å². The predicted molar refractivity (Wildman–Crippen MR) is 96.3 cm³/mol. The Hall–Kier alpha value is -1.78. The van der Waals surface area contributed by atoms with E-state index in [2.05, 4.69) is 10.5 Å². The molecule has 2 unspecified atom stereocenters. The number of benzene rings is 2. The first-order valence-electron chi connectivity index (χ1n) is 7.40. The molecule has 2 atom stereocenters. The fourth-order valence-electron chi connectivity index (χ4n) is 2.57. The summed E-state index contributed by atoms with van der Waals surface area (Å²) in [5.41, 5.74) is 4.73. The van der Waals surface area contributed by atoms with Gasteiger partial charge in [-0.05, 0) is 54.0 Å². The molecule has 2 aromatic carbocycles. The third-order valence-corrected chi connectivity index (χ3v) is 4.85. The fourth-order valence-corrected chi connectivity index (χ4v) is 3.23. The second kappa shape index (κ2) is 7.20. The maximum absolute atomic E-state index is 12.1. The van der Waals surface area contributed by atoms with E-state index in [1.807, 2.05) is 54.8 Å². The number of nitrogens with zero attached hydrogens (tertiary/aromatic N) is 1. The molecule has 2 aromatic rings. The Morgan fingerprint density at radius 2 is 2.13 bits per heavy atom. The van der Waals surface area contributed by atoms with Crippen LogP contribution in [0.3, 0.4) is 0 Å². The molecule has 0 saturated heterocycles. The lowest BCUT2D eigenvalue weighted by Crippen LogP contribution is -2.20. The molecule has 3 rings (SSSR count). The molecule has 0 aromatic heterocycles. The van der Waals surface area contributed by atoms with E-state index in [4.69, 9.17) is 11.6 Å². The summed E-state index contributed by atoms with van der Waals surface area (Å²) in [5.74, 6) is 0.208. The molecule has 0 radical (unpaired) electrons. The maximum atomic E-state index is 12.1. The minimum absolute atomic E-state index is 0.0110. The average Bonchev–Trinajstić information content (AvgIpc) is 3.36. The summed E-state index contributed by atoms with van der Waals surface area (Å²) in [5, 5.41) is 4.77. The number of nitrogens with one attached hydrogen (secondary N) is 1. The second-order valence-electron chi connectivity index (χ2n) is 5.51. The number of hydrogen-bond donors (Lipinski definition) is 1. The van der Waals surface area contributed by atoms with E-state index in [0.717, 1.165) is 17.5 Å². The van der Waals surface area contributed by atoms with E-state index in [0.29, 0.717) is 5.02 Å². The lowest BCUT2D eigenvalue weighted by Gasteiger charge is -2.01. The molecule has 0 spiro atoms. The molecule has 1 amide bonds. The normalized spacial score (nSPS) is 19.7. The Morgan fingerprint density at radius 3 is 2.91 bits per heavy atom. The third-order valence-electron chi connectivity index (χ3n) is 3.89. The molecule has 1 aliphatic carbocycles. The van der Waals surface area contributed by atoms with Gasteiger partial charge in [-0.15, -0.1) is 11.8 Å². The van der Waals surface area contributed by atoms with Crippen molar-refractivity contribution in [2.45, 2.75) is 17.2 Å². The van der Waals surface area contributed by atoms with Gasteiger partial charge in [-0.2, -0.15) is 5.10 Å². The zero-order chi connectivity index (χ0) is 16.2. The molecule has 0 bridgehead atoms. The van der Waals surface area contributed by atoms with Crippen molar-refractivity contribution in [1.29, 1.82) is 0 Å². The number of amides is 1. The van der Waals surface area contributed by atoms with Crippen LogP contribution < -0.4 is 5.43 Å². The molecule has 23 heavy (non-hydrogen) atoms. The highest BCUT2D eigenvalue weighted by molar-refractivity contribution is 7.98. The second-order valence-corrected chi connectivity index (χ2v) is 6.83. The van der Waals surface area contributed by atoms with E-state index in [1.54, 1.807) is 18.0 Å². The molecule has 3 nitrogen and oxygen atoms in total. The van der Waals surface area contributed by atoms with Gasteiger partial charge in [0.1, 0.15) is 0 Å². The van der Waals surface area contributed by atoms with E-state index >= 15 is 0 Å². The van der Waals surface area contributed by atoms with Crippen LogP contribution >= 0.6 is 23.4 Å². The van der Waals surface area contributed by atoms with Crippen molar-refractivity contribution < 1.29 is 4.79 Å². The summed E-state index contributed by atoms with van der Waals surface area (Å²) in [7, 11) is 0. The molecular formula is C18H17ClN2OS. The number of hydrazone groups is 1. The first kappa shape index (κ1) is 16.1. The van der Waals surface area contributed by atoms with Crippen LogP contribution in [-0.4, -0.2) is 18.4 Å². The van der Waals surface area contributed by atoms with Gasteiger partial charge < -0.3 is 0 Å².